The summed E-state index contributed by atoms with van der Waals surface area (Å²) in [5, 5.41) is 3.77. The highest BCUT2D eigenvalue weighted by molar-refractivity contribution is 6.30. The number of nitrogens with one attached hydrogen (secondary N) is 1. The molecule has 0 aromatic heterocycles. The van der Waals surface area contributed by atoms with E-state index in [0.29, 0.717) is 5.02 Å². The van der Waals surface area contributed by atoms with Gasteiger partial charge in [0, 0.05) is 23.8 Å². The molecule has 0 saturated carbocycles. The summed E-state index contributed by atoms with van der Waals surface area (Å²) in [5.41, 5.74) is 4.50. The third-order valence-electron chi connectivity index (χ3n) is 4.98. The van der Waals surface area contributed by atoms with Crippen LogP contribution in [0, 0.1) is 19.8 Å². The highest BCUT2D eigenvalue weighted by Gasteiger charge is 2.26. The SMILES string of the molecule is Cc1ccccc1CN1CCCC(C(=O)Nc2ccc(Cl)cc2C)C1. The molecular formula is C21H25ClN2O. The molecule has 4 heteroatoms. The topological polar surface area (TPSA) is 32.3 Å². The summed E-state index contributed by atoms with van der Waals surface area (Å²) in [6.45, 7) is 6.89. The zero-order chi connectivity index (χ0) is 17.8. The monoisotopic (exact) mass is 356 g/mol. The van der Waals surface area contributed by atoms with Crippen molar-refractivity contribution in [3.05, 3.63) is 64.2 Å². The molecule has 2 aromatic carbocycles. The maximum Gasteiger partial charge on any atom is 0.228 e. The molecule has 1 fully saturated rings. The van der Waals surface area contributed by atoms with Crippen LogP contribution in [0.1, 0.15) is 29.5 Å². The maximum atomic E-state index is 12.7. The number of hydrogen-bond donors (Lipinski definition) is 1. The molecule has 1 N–H and O–H groups in total. The van der Waals surface area contributed by atoms with Crippen LogP contribution in [0.15, 0.2) is 42.5 Å². The minimum absolute atomic E-state index is 0.0350. The largest absolute Gasteiger partial charge is 0.326 e. The van der Waals surface area contributed by atoms with E-state index in [9.17, 15) is 4.79 Å². The van der Waals surface area contributed by atoms with Crippen molar-refractivity contribution in [1.29, 1.82) is 0 Å². The molecule has 1 unspecified atom stereocenters. The number of likely N-dealkylation sites (tertiary alicyclic amines) is 1. The Kier molecular flexibility index (Phi) is 5.77. The molecule has 1 aliphatic heterocycles. The number of aryl methyl sites for hydroxylation is 2. The van der Waals surface area contributed by atoms with Gasteiger partial charge in [-0.1, -0.05) is 35.9 Å². The Morgan fingerprint density at radius 3 is 2.76 bits per heavy atom. The van der Waals surface area contributed by atoms with Crippen LogP contribution in [0.2, 0.25) is 5.02 Å². The number of benzene rings is 2. The lowest BCUT2D eigenvalue weighted by atomic mass is 9.96. The van der Waals surface area contributed by atoms with Gasteiger partial charge < -0.3 is 5.32 Å². The van der Waals surface area contributed by atoms with E-state index in [-0.39, 0.29) is 11.8 Å². The van der Waals surface area contributed by atoms with Crippen LogP contribution < -0.4 is 5.32 Å². The van der Waals surface area contributed by atoms with Crippen LogP contribution in [-0.4, -0.2) is 23.9 Å². The lowest BCUT2D eigenvalue weighted by Gasteiger charge is -2.32. The smallest absolute Gasteiger partial charge is 0.228 e. The highest BCUT2D eigenvalue weighted by atomic mass is 35.5. The average Bonchev–Trinajstić information content (AvgIpc) is 2.60. The van der Waals surface area contributed by atoms with E-state index in [2.05, 4.69) is 41.4 Å². The third-order valence-corrected chi connectivity index (χ3v) is 5.21. The van der Waals surface area contributed by atoms with E-state index in [1.807, 2.05) is 25.1 Å². The zero-order valence-corrected chi connectivity index (χ0v) is 15.6. The summed E-state index contributed by atoms with van der Waals surface area (Å²) < 4.78 is 0. The van der Waals surface area contributed by atoms with Crippen LogP contribution >= 0.6 is 11.6 Å². The summed E-state index contributed by atoms with van der Waals surface area (Å²) in [6.07, 6.45) is 2.01. The van der Waals surface area contributed by atoms with E-state index < -0.39 is 0 Å². The number of anilines is 1. The molecule has 1 saturated heterocycles. The molecule has 132 valence electrons. The zero-order valence-electron chi connectivity index (χ0n) is 14.9. The van der Waals surface area contributed by atoms with Gasteiger partial charge >= 0.3 is 0 Å². The molecule has 0 bridgehead atoms. The first-order chi connectivity index (χ1) is 12.0. The summed E-state index contributed by atoms with van der Waals surface area (Å²) in [6, 6.07) is 14.0. The molecule has 1 heterocycles. The molecule has 0 spiro atoms. The molecule has 0 aliphatic carbocycles. The van der Waals surface area contributed by atoms with Gasteiger partial charge in [0.25, 0.3) is 0 Å². The first-order valence-electron chi connectivity index (χ1n) is 8.87. The van der Waals surface area contributed by atoms with E-state index >= 15 is 0 Å². The summed E-state index contributed by atoms with van der Waals surface area (Å²) in [4.78, 5) is 15.1. The molecule has 1 atom stereocenters. The van der Waals surface area contributed by atoms with Gasteiger partial charge in [0.2, 0.25) is 5.91 Å². The fourth-order valence-electron chi connectivity index (χ4n) is 3.44. The fraction of sp³-hybridized carbons (Fsp3) is 0.381. The van der Waals surface area contributed by atoms with Crippen molar-refractivity contribution in [1.82, 2.24) is 4.90 Å². The van der Waals surface area contributed by atoms with E-state index in [4.69, 9.17) is 11.6 Å². The van der Waals surface area contributed by atoms with Crippen molar-refractivity contribution in [2.75, 3.05) is 18.4 Å². The average molecular weight is 357 g/mol. The number of carbonyl (C=O) groups is 1. The predicted molar refractivity (Wildman–Crippen MR) is 104 cm³/mol. The molecule has 0 radical (unpaired) electrons. The van der Waals surface area contributed by atoms with Gasteiger partial charge in [-0.25, -0.2) is 0 Å². The molecule has 25 heavy (non-hydrogen) atoms. The first kappa shape index (κ1) is 18.0. The standard InChI is InChI=1S/C21H25ClN2O/c1-15-6-3-4-7-17(15)13-24-11-5-8-18(14-24)21(25)23-20-10-9-19(22)12-16(20)2/h3-4,6-7,9-10,12,18H,5,8,11,13-14H2,1-2H3,(H,23,25). The van der Waals surface area contributed by atoms with E-state index in [0.717, 1.165) is 43.7 Å². The number of hydrogen-bond acceptors (Lipinski definition) is 2. The van der Waals surface area contributed by atoms with Crippen molar-refractivity contribution < 1.29 is 4.79 Å². The van der Waals surface area contributed by atoms with Crippen molar-refractivity contribution in [3.63, 3.8) is 0 Å². The lowest BCUT2D eigenvalue weighted by Crippen LogP contribution is -2.40. The van der Waals surface area contributed by atoms with E-state index in [1.165, 1.54) is 11.1 Å². The van der Waals surface area contributed by atoms with Crippen LogP contribution in [0.3, 0.4) is 0 Å². The van der Waals surface area contributed by atoms with Gasteiger partial charge in [-0.05, 0) is 68.1 Å². The lowest BCUT2D eigenvalue weighted by molar-refractivity contribution is -0.121. The summed E-state index contributed by atoms with van der Waals surface area (Å²) in [5.74, 6) is 0.146. The maximum absolute atomic E-state index is 12.7. The molecule has 1 aliphatic rings. The Balaban J connectivity index is 1.62. The summed E-state index contributed by atoms with van der Waals surface area (Å²) in [7, 11) is 0. The number of nitrogens with zero attached hydrogens (tertiary/aromatic N) is 1. The molecule has 3 nitrogen and oxygen atoms in total. The van der Waals surface area contributed by atoms with Crippen molar-refractivity contribution in [2.45, 2.75) is 33.2 Å². The number of carbonyl (C=O) groups excluding carboxylic acids is 1. The Labute approximate surface area is 155 Å². The number of halogens is 1. The van der Waals surface area contributed by atoms with Gasteiger partial charge in [-0.3, -0.25) is 9.69 Å². The molecule has 1 amide bonds. The predicted octanol–water partition coefficient (Wildman–Crippen LogP) is 4.81. The van der Waals surface area contributed by atoms with Gasteiger partial charge in [-0.2, -0.15) is 0 Å². The van der Waals surface area contributed by atoms with Gasteiger partial charge in [0.15, 0.2) is 0 Å². The number of amides is 1. The van der Waals surface area contributed by atoms with Crippen LogP contribution in [-0.2, 0) is 11.3 Å². The van der Waals surface area contributed by atoms with Crippen LogP contribution in [0.5, 0.6) is 0 Å². The van der Waals surface area contributed by atoms with Crippen molar-refractivity contribution in [3.8, 4) is 0 Å². The highest BCUT2D eigenvalue weighted by Crippen LogP contribution is 2.24. The Hall–Kier alpha value is -1.84. The Morgan fingerprint density at radius 1 is 1.20 bits per heavy atom. The normalized spacial score (nSPS) is 18.1. The Morgan fingerprint density at radius 2 is 2.00 bits per heavy atom. The van der Waals surface area contributed by atoms with Crippen molar-refractivity contribution >= 4 is 23.2 Å². The second-order valence-electron chi connectivity index (χ2n) is 6.95. The summed E-state index contributed by atoms with van der Waals surface area (Å²) >= 11 is 5.99. The van der Waals surface area contributed by atoms with E-state index in [1.54, 1.807) is 0 Å². The van der Waals surface area contributed by atoms with Crippen LogP contribution in [0.25, 0.3) is 0 Å². The van der Waals surface area contributed by atoms with Gasteiger partial charge in [0.05, 0.1) is 5.92 Å². The Bertz CT molecular complexity index is 759. The van der Waals surface area contributed by atoms with Crippen molar-refractivity contribution in [2.24, 2.45) is 5.92 Å². The third kappa shape index (κ3) is 4.62. The second kappa shape index (κ2) is 8.03. The molecular weight excluding hydrogens is 332 g/mol. The quantitative estimate of drug-likeness (QED) is 0.852. The number of rotatable bonds is 4. The first-order valence-corrected chi connectivity index (χ1v) is 9.24. The number of piperidine rings is 1. The van der Waals surface area contributed by atoms with Gasteiger partial charge in [0.1, 0.15) is 0 Å². The minimum Gasteiger partial charge on any atom is -0.326 e. The van der Waals surface area contributed by atoms with Gasteiger partial charge in [-0.15, -0.1) is 0 Å². The second-order valence-corrected chi connectivity index (χ2v) is 7.39. The van der Waals surface area contributed by atoms with Crippen LogP contribution in [0.4, 0.5) is 5.69 Å². The molecule has 2 aromatic rings. The molecule has 3 rings (SSSR count). The fourth-order valence-corrected chi connectivity index (χ4v) is 3.67. The minimum atomic E-state index is 0.0350.